The summed E-state index contributed by atoms with van der Waals surface area (Å²) in [5.41, 5.74) is 0. The van der Waals surface area contributed by atoms with Gasteiger partial charge < -0.3 is 30.6 Å². The third-order valence-corrected chi connectivity index (χ3v) is 1.24. The van der Waals surface area contributed by atoms with Crippen molar-refractivity contribution in [1.82, 2.24) is 0 Å². The van der Waals surface area contributed by atoms with E-state index in [0.29, 0.717) is 0 Å². The van der Waals surface area contributed by atoms with Crippen molar-refractivity contribution in [3.63, 3.8) is 0 Å². The lowest BCUT2D eigenvalue weighted by Gasteiger charge is -2.22. The van der Waals surface area contributed by atoms with Gasteiger partial charge in [0.1, 0.15) is 18.3 Å². The van der Waals surface area contributed by atoms with Gasteiger partial charge in [0.25, 0.3) is 0 Å². The molecule has 6 N–H and O–H groups in total. The van der Waals surface area contributed by atoms with E-state index in [1.807, 2.05) is 0 Å². The summed E-state index contributed by atoms with van der Waals surface area (Å²) in [5, 5.41) is 50.9. The summed E-state index contributed by atoms with van der Waals surface area (Å²) in [6, 6.07) is 0. The van der Waals surface area contributed by atoms with Gasteiger partial charge in [-0.25, -0.2) is 0 Å². The summed E-state index contributed by atoms with van der Waals surface area (Å²) >= 11 is 0. The Bertz CT molecular complexity index is 105. The Morgan fingerprint density at radius 1 is 0.818 bits per heavy atom. The molecule has 68 valence electrons. The predicted octanol–water partition coefficient (Wildman–Crippen LogP) is -3.63. The van der Waals surface area contributed by atoms with Crippen LogP contribution in [0.1, 0.15) is 0 Å². The molecule has 0 rings (SSSR count). The van der Waals surface area contributed by atoms with Crippen LogP contribution >= 0.6 is 0 Å². The first-order chi connectivity index (χ1) is 5.00. The topological polar surface area (TPSA) is 121 Å². The molecule has 0 amide bonds. The fraction of sp³-hybridized carbons (Fsp3) is 1.00. The second-order valence-electron chi connectivity index (χ2n) is 2.14. The van der Waals surface area contributed by atoms with Gasteiger partial charge in [0.05, 0.1) is 6.61 Å². The maximum absolute atomic E-state index is 8.78. The van der Waals surface area contributed by atoms with Crippen molar-refractivity contribution in [2.45, 2.75) is 24.6 Å². The molecule has 6 nitrogen and oxygen atoms in total. The minimum absolute atomic E-state index is 0.759. The maximum atomic E-state index is 8.78. The van der Waals surface area contributed by atoms with E-state index < -0.39 is 31.2 Å². The Hall–Kier alpha value is -0.240. The van der Waals surface area contributed by atoms with Gasteiger partial charge in [-0.1, -0.05) is 0 Å². The Labute approximate surface area is 63.0 Å². The first-order valence-electron chi connectivity index (χ1n) is 3.02. The minimum atomic E-state index is -2.13. The molecule has 3 atom stereocenters. The van der Waals surface area contributed by atoms with Crippen LogP contribution in [0.15, 0.2) is 0 Å². The highest BCUT2D eigenvalue weighted by Gasteiger charge is 2.28. The highest BCUT2D eigenvalue weighted by molar-refractivity contribution is 4.75. The molecular weight excluding hydrogens is 156 g/mol. The van der Waals surface area contributed by atoms with Crippen LogP contribution in [0.4, 0.5) is 0 Å². The SMILES string of the molecule is OC[C@H](O)[C@H](O)[C@@H](O)C(O)O. The quantitative estimate of drug-likeness (QED) is 0.241. The standard InChI is InChI=1S/C5H12O6/c6-1-2(7)3(8)4(9)5(10)11/h2-11H,1H2/t2-,3-,4+/m0/s1. The molecule has 0 fully saturated rings. The first-order valence-corrected chi connectivity index (χ1v) is 3.02. The summed E-state index contributed by atoms with van der Waals surface area (Å²) < 4.78 is 0. The smallest absolute Gasteiger partial charge is 0.180 e. The number of aliphatic hydroxyl groups is 6. The summed E-state index contributed by atoms with van der Waals surface area (Å²) in [7, 11) is 0. The lowest BCUT2D eigenvalue weighted by Crippen LogP contribution is -2.45. The van der Waals surface area contributed by atoms with E-state index in [9.17, 15) is 0 Å². The second-order valence-corrected chi connectivity index (χ2v) is 2.14. The predicted molar refractivity (Wildman–Crippen MR) is 33.3 cm³/mol. The highest BCUT2D eigenvalue weighted by Crippen LogP contribution is 2.02. The van der Waals surface area contributed by atoms with Crippen LogP contribution in [0.3, 0.4) is 0 Å². The van der Waals surface area contributed by atoms with Crippen molar-refractivity contribution < 1.29 is 30.6 Å². The van der Waals surface area contributed by atoms with Crippen molar-refractivity contribution in [1.29, 1.82) is 0 Å². The van der Waals surface area contributed by atoms with Crippen molar-refractivity contribution in [2.75, 3.05) is 6.61 Å². The zero-order chi connectivity index (χ0) is 9.02. The maximum Gasteiger partial charge on any atom is 0.180 e. The number of rotatable bonds is 4. The Kier molecular flexibility index (Phi) is 4.50. The Morgan fingerprint density at radius 2 is 1.27 bits per heavy atom. The highest BCUT2D eigenvalue weighted by atomic mass is 16.5. The summed E-state index contributed by atoms with van der Waals surface area (Å²) in [6.07, 6.45) is -7.35. The molecule has 0 aliphatic rings. The van der Waals surface area contributed by atoms with Crippen molar-refractivity contribution in [3.05, 3.63) is 0 Å². The molecule has 0 saturated heterocycles. The number of aliphatic hydroxyl groups excluding tert-OH is 5. The van der Waals surface area contributed by atoms with Crippen LogP contribution in [-0.4, -0.2) is 61.8 Å². The molecule has 6 heteroatoms. The van der Waals surface area contributed by atoms with E-state index in [0.717, 1.165) is 0 Å². The van der Waals surface area contributed by atoms with Crippen LogP contribution < -0.4 is 0 Å². The van der Waals surface area contributed by atoms with Gasteiger partial charge in [0.15, 0.2) is 6.29 Å². The molecule has 0 heterocycles. The van der Waals surface area contributed by atoms with Crippen LogP contribution in [-0.2, 0) is 0 Å². The molecule has 0 aliphatic carbocycles. The molecule has 0 bridgehead atoms. The summed E-state index contributed by atoms with van der Waals surface area (Å²) in [4.78, 5) is 0. The largest absolute Gasteiger partial charge is 0.394 e. The van der Waals surface area contributed by atoms with Gasteiger partial charge in [0.2, 0.25) is 0 Å². The van der Waals surface area contributed by atoms with Gasteiger partial charge in [-0.15, -0.1) is 0 Å². The minimum Gasteiger partial charge on any atom is -0.394 e. The fourth-order valence-corrected chi connectivity index (χ4v) is 0.512. The molecule has 0 spiro atoms. The summed E-state index contributed by atoms with van der Waals surface area (Å²) in [5.74, 6) is 0. The number of hydrogen-bond donors (Lipinski definition) is 6. The molecule has 11 heavy (non-hydrogen) atoms. The van der Waals surface area contributed by atoms with Crippen molar-refractivity contribution in [3.8, 4) is 0 Å². The van der Waals surface area contributed by atoms with E-state index in [4.69, 9.17) is 30.6 Å². The lowest BCUT2D eigenvalue weighted by molar-refractivity contribution is -0.180. The molecule has 0 aromatic rings. The van der Waals surface area contributed by atoms with Gasteiger partial charge in [-0.2, -0.15) is 0 Å². The van der Waals surface area contributed by atoms with E-state index in [1.165, 1.54) is 0 Å². The molecular formula is C5H12O6. The molecule has 0 aromatic heterocycles. The summed E-state index contributed by atoms with van der Waals surface area (Å²) in [6.45, 7) is -0.759. The average molecular weight is 168 g/mol. The third-order valence-electron chi connectivity index (χ3n) is 1.24. The van der Waals surface area contributed by atoms with E-state index >= 15 is 0 Å². The van der Waals surface area contributed by atoms with Crippen LogP contribution in [0.25, 0.3) is 0 Å². The van der Waals surface area contributed by atoms with Gasteiger partial charge in [0, 0.05) is 0 Å². The first kappa shape index (κ1) is 10.8. The molecule has 0 aliphatic heterocycles. The lowest BCUT2D eigenvalue weighted by atomic mass is 10.1. The van der Waals surface area contributed by atoms with Crippen LogP contribution in [0.5, 0.6) is 0 Å². The molecule has 0 radical (unpaired) electrons. The monoisotopic (exact) mass is 168 g/mol. The zero-order valence-electron chi connectivity index (χ0n) is 5.70. The van der Waals surface area contributed by atoms with E-state index in [2.05, 4.69) is 0 Å². The third kappa shape index (κ3) is 3.10. The number of hydrogen-bond acceptors (Lipinski definition) is 6. The zero-order valence-corrected chi connectivity index (χ0v) is 5.70. The molecule has 0 saturated carbocycles. The van der Waals surface area contributed by atoms with Gasteiger partial charge in [-0.05, 0) is 0 Å². The van der Waals surface area contributed by atoms with Crippen LogP contribution in [0, 0.1) is 0 Å². The van der Waals surface area contributed by atoms with Gasteiger partial charge >= 0.3 is 0 Å². The van der Waals surface area contributed by atoms with Crippen molar-refractivity contribution in [2.24, 2.45) is 0 Å². The van der Waals surface area contributed by atoms with E-state index in [-0.39, 0.29) is 0 Å². The Morgan fingerprint density at radius 3 is 1.55 bits per heavy atom. The average Bonchev–Trinajstić information content (AvgIpc) is 2.00. The normalized spacial score (nSPS) is 19.9. The molecule has 0 unspecified atom stereocenters. The second kappa shape index (κ2) is 4.60. The van der Waals surface area contributed by atoms with Crippen molar-refractivity contribution >= 4 is 0 Å². The Balaban J connectivity index is 3.90. The fourth-order valence-electron chi connectivity index (χ4n) is 0.512. The van der Waals surface area contributed by atoms with E-state index in [1.54, 1.807) is 0 Å². The van der Waals surface area contributed by atoms with Gasteiger partial charge in [-0.3, -0.25) is 0 Å². The van der Waals surface area contributed by atoms with Crippen LogP contribution in [0.2, 0.25) is 0 Å². The molecule has 0 aromatic carbocycles.